The average Bonchev–Trinajstić information content (AvgIpc) is 2.13. The van der Waals surface area contributed by atoms with Crippen LogP contribution in [0.2, 0.25) is 0 Å². The van der Waals surface area contributed by atoms with E-state index in [1.807, 2.05) is 12.3 Å². The van der Waals surface area contributed by atoms with Crippen LogP contribution >= 0.6 is 15.9 Å². The summed E-state index contributed by atoms with van der Waals surface area (Å²) >= 11 is 3.22. The molecule has 2 nitrogen and oxygen atoms in total. The Morgan fingerprint density at radius 3 is 2.92 bits per heavy atom. The first-order valence-electron chi connectivity index (χ1n) is 4.60. The zero-order valence-corrected chi connectivity index (χ0v) is 9.38. The molecule has 72 valence electrons. The largest absolute Gasteiger partial charge is 0.315 e. The van der Waals surface area contributed by atoms with Crippen molar-refractivity contribution in [1.29, 1.82) is 0 Å². The van der Waals surface area contributed by atoms with Gasteiger partial charge in [0, 0.05) is 12.7 Å². The zero-order chi connectivity index (χ0) is 9.68. The number of nitrogens with zero attached hydrogens (tertiary/aromatic N) is 1. The SMILES string of the molecule is CCCCCn1cccc(Br)c1=O. The van der Waals surface area contributed by atoms with Crippen molar-refractivity contribution in [2.45, 2.75) is 32.7 Å². The summed E-state index contributed by atoms with van der Waals surface area (Å²) in [7, 11) is 0. The van der Waals surface area contributed by atoms with Crippen LogP contribution in [0.25, 0.3) is 0 Å². The van der Waals surface area contributed by atoms with E-state index in [1.54, 1.807) is 10.6 Å². The van der Waals surface area contributed by atoms with Gasteiger partial charge in [0.2, 0.25) is 0 Å². The third-order valence-electron chi connectivity index (χ3n) is 1.98. The predicted molar refractivity (Wildman–Crippen MR) is 57.9 cm³/mol. The summed E-state index contributed by atoms with van der Waals surface area (Å²) in [4.78, 5) is 11.5. The van der Waals surface area contributed by atoms with Crippen LogP contribution in [-0.2, 0) is 6.54 Å². The molecule has 0 atom stereocenters. The Bertz CT molecular complexity index is 319. The van der Waals surface area contributed by atoms with Crippen LogP contribution in [0.5, 0.6) is 0 Å². The molecule has 0 aliphatic heterocycles. The lowest BCUT2D eigenvalue weighted by atomic mass is 10.2. The molecule has 1 aromatic rings. The van der Waals surface area contributed by atoms with Crippen molar-refractivity contribution < 1.29 is 0 Å². The molecule has 0 N–H and O–H groups in total. The summed E-state index contributed by atoms with van der Waals surface area (Å²) in [6.07, 6.45) is 5.28. The quantitative estimate of drug-likeness (QED) is 0.746. The first-order chi connectivity index (χ1) is 6.25. The fraction of sp³-hybridized carbons (Fsp3) is 0.500. The molecule has 0 unspecified atom stereocenters. The summed E-state index contributed by atoms with van der Waals surface area (Å²) in [5, 5.41) is 0. The second-order valence-electron chi connectivity index (χ2n) is 3.06. The molecule has 0 aliphatic rings. The van der Waals surface area contributed by atoms with Crippen molar-refractivity contribution in [3.63, 3.8) is 0 Å². The number of halogens is 1. The van der Waals surface area contributed by atoms with Gasteiger partial charge in [0.1, 0.15) is 0 Å². The van der Waals surface area contributed by atoms with E-state index >= 15 is 0 Å². The van der Waals surface area contributed by atoms with Gasteiger partial charge in [-0.2, -0.15) is 0 Å². The van der Waals surface area contributed by atoms with Gasteiger partial charge in [-0.1, -0.05) is 19.8 Å². The average molecular weight is 244 g/mol. The smallest absolute Gasteiger partial charge is 0.264 e. The van der Waals surface area contributed by atoms with Gasteiger partial charge in [0.25, 0.3) is 5.56 Å². The number of hydrogen-bond donors (Lipinski definition) is 0. The predicted octanol–water partition coefficient (Wildman–Crippen LogP) is 2.80. The Kier molecular flexibility index (Phi) is 4.22. The molecule has 0 radical (unpaired) electrons. The van der Waals surface area contributed by atoms with Crippen LogP contribution in [0, 0.1) is 0 Å². The number of aryl methyl sites for hydroxylation is 1. The summed E-state index contributed by atoms with van der Waals surface area (Å²) in [6.45, 7) is 2.98. The molecule has 0 aromatic carbocycles. The van der Waals surface area contributed by atoms with E-state index in [2.05, 4.69) is 22.9 Å². The highest BCUT2D eigenvalue weighted by Crippen LogP contribution is 2.02. The second kappa shape index (κ2) is 5.22. The lowest BCUT2D eigenvalue weighted by molar-refractivity contribution is 0.586. The van der Waals surface area contributed by atoms with Gasteiger partial charge >= 0.3 is 0 Å². The molecule has 0 saturated carbocycles. The Morgan fingerprint density at radius 2 is 2.23 bits per heavy atom. The fourth-order valence-corrected chi connectivity index (χ4v) is 1.60. The maximum absolute atomic E-state index is 11.5. The summed E-state index contributed by atoms with van der Waals surface area (Å²) in [5.74, 6) is 0. The second-order valence-corrected chi connectivity index (χ2v) is 3.92. The van der Waals surface area contributed by atoms with Crippen LogP contribution in [0.1, 0.15) is 26.2 Å². The van der Waals surface area contributed by atoms with Gasteiger partial charge in [-0.25, -0.2) is 0 Å². The Balaban J connectivity index is 2.67. The van der Waals surface area contributed by atoms with Crippen molar-refractivity contribution in [3.8, 4) is 0 Å². The van der Waals surface area contributed by atoms with Gasteiger partial charge in [-0.3, -0.25) is 4.79 Å². The first-order valence-corrected chi connectivity index (χ1v) is 5.40. The molecule has 1 aromatic heterocycles. The first kappa shape index (κ1) is 10.5. The molecule has 0 fully saturated rings. The third-order valence-corrected chi connectivity index (χ3v) is 2.58. The van der Waals surface area contributed by atoms with E-state index in [9.17, 15) is 4.79 Å². The Hall–Kier alpha value is -0.570. The molecule has 13 heavy (non-hydrogen) atoms. The van der Waals surface area contributed by atoms with Crippen molar-refractivity contribution in [2.24, 2.45) is 0 Å². The Morgan fingerprint density at radius 1 is 1.46 bits per heavy atom. The van der Waals surface area contributed by atoms with Gasteiger partial charge in [-0.05, 0) is 34.5 Å². The molecule has 1 rings (SSSR count). The number of pyridine rings is 1. The van der Waals surface area contributed by atoms with E-state index in [0.29, 0.717) is 4.47 Å². The number of unbranched alkanes of at least 4 members (excludes halogenated alkanes) is 2. The lowest BCUT2D eigenvalue weighted by Gasteiger charge is -2.04. The molecule has 0 saturated heterocycles. The normalized spacial score (nSPS) is 10.3. The molecule has 0 spiro atoms. The van der Waals surface area contributed by atoms with Gasteiger partial charge in [-0.15, -0.1) is 0 Å². The highest BCUT2D eigenvalue weighted by molar-refractivity contribution is 9.10. The molecule has 0 bridgehead atoms. The molecular weight excluding hydrogens is 230 g/mol. The van der Waals surface area contributed by atoms with Gasteiger partial charge in [0.15, 0.2) is 0 Å². The molecular formula is C10H14BrNO. The minimum Gasteiger partial charge on any atom is -0.315 e. The molecule has 3 heteroatoms. The standard InChI is InChI=1S/C10H14BrNO/c1-2-3-4-7-12-8-5-6-9(11)10(12)13/h5-6,8H,2-4,7H2,1H3. The Labute approximate surface area is 86.7 Å². The van der Waals surface area contributed by atoms with Crippen molar-refractivity contribution in [3.05, 3.63) is 33.2 Å². The van der Waals surface area contributed by atoms with Crippen molar-refractivity contribution in [1.82, 2.24) is 4.57 Å². The summed E-state index contributed by atoms with van der Waals surface area (Å²) in [5.41, 5.74) is 0.0682. The fourth-order valence-electron chi connectivity index (χ4n) is 1.22. The minimum absolute atomic E-state index is 0.0682. The molecule has 1 heterocycles. The van der Waals surface area contributed by atoms with Crippen LogP contribution in [0.3, 0.4) is 0 Å². The maximum Gasteiger partial charge on any atom is 0.264 e. The molecule has 0 aliphatic carbocycles. The maximum atomic E-state index is 11.5. The number of aromatic nitrogens is 1. The van der Waals surface area contributed by atoms with E-state index in [1.165, 1.54) is 12.8 Å². The zero-order valence-electron chi connectivity index (χ0n) is 7.79. The van der Waals surface area contributed by atoms with Crippen molar-refractivity contribution in [2.75, 3.05) is 0 Å². The van der Waals surface area contributed by atoms with Crippen LogP contribution in [0.4, 0.5) is 0 Å². The summed E-state index contributed by atoms with van der Waals surface area (Å²) in [6, 6.07) is 3.66. The van der Waals surface area contributed by atoms with Crippen LogP contribution in [-0.4, -0.2) is 4.57 Å². The van der Waals surface area contributed by atoms with E-state index in [-0.39, 0.29) is 5.56 Å². The highest BCUT2D eigenvalue weighted by atomic mass is 79.9. The topological polar surface area (TPSA) is 22.0 Å². The number of hydrogen-bond acceptors (Lipinski definition) is 1. The van der Waals surface area contributed by atoms with E-state index in [0.717, 1.165) is 13.0 Å². The van der Waals surface area contributed by atoms with Crippen LogP contribution in [0.15, 0.2) is 27.6 Å². The minimum atomic E-state index is 0.0682. The highest BCUT2D eigenvalue weighted by Gasteiger charge is 1.98. The number of rotatable bonds is 4. The summed E-state index contributed by atoms with van der Waals surface area (Å²) < 4.78 is 2.39. The monoisotopic (exact) mass is 243 g/mol. The lowest BCUT2D eigenvalue weighted by Crippen LogP contribution is -2.19. The van der Waals surface area contributed by atoms with Crippen molar-refractivity contribution >= 4 is 15.9 Å². The third kappa shape index (κ3) is 2.99. The van der Waals surface area contributed by atoms with Gasteiger partial charge < -0.3 is 4.57 Å². The molecule has 0 amide bonds. The van der Waals surface area contributed by atoms with Gasteiger partial charge in [0.05, 0.1) is 4.47 Å². The van der Waals surface area contributed by atoms with E-state index in [4.69, 9.17) is 0 Å². The van der Waals surface area contributed by atoms with Crippen LogP contribution < -0.4 is 5.56 Å². The van der Waals surface area contributed by atoms with E-state index < -0.39 is 0 Å².